The van der Waals surface area contributed by atoms with E-state index in [-0.39, 0.29) is 42.6 Å². The molecule has 3 unspecified atom stereocenters. The molecule has 0 saturated carbocycles. The Labute approximate surface area is 332 Å². The van der Waals surface area contributed by atoms with Gasteiger partial charge in [-0.25, -0.2) is 28.1 Å². The van der Waals surface area contributed by atoms with E-state index in [1.165, 1.54) is 4.90 Å². The number of rotatable bonds is 12. The molecule has 0 bridgehead atoms. The van der Waals surface area contributed by atoms with E-state index in [1.807, 2.05) is 55.7 Å². The van der Waals surface area contributed by atoms with Crippen LogP contribution in [0.2, 0.25) is 25.7 Å². The summed E-state index contributed by atoms with van der Waals surface area (Å²) in [5.41, 5.74) is 0.628. The number of nitrogens with one attached hydrogen (secondary N) is 2. The number of carbonyl (C=O) groups excluding carboxylic acids is 1. The van der Waals surface area contributed by atoms with Crippen LogP contribution < -0.4 is 10.6 Å². The van der Waals surface area contributed by atoms with Crippen molar-refractivity contribution in [2.24, 2.45) is 22.7 Å². The Bertz CT molecular complexity index is 1820. The molecule has 57 heavy (non-hydrogen) atoms. The molecule has 11 nitrogen and oxygen atoms in total. The molecule has 3 aromatic rings. The summed E-state index contributed by atoms with van der Waals surface area (Å²) < 4.78 is 68.5. The number of carboxylic acids is 1. The van der Waals surface area contributed by atoms with Crippen molar-refractivity contribution in [2.75, 3.05) is 26.2 Å². The van der Waals surface area contributed by atoms with Crippen LogP contribution >= 0.6 is 0 Å². The summed E-state index contributed by atoms with van der Waals surface area (Å²) in [6, 6.07) is 13.4. The Balaban J connectivity index is 0.00000113. The first-order chi connectivity index (χ1) is 26.2. The Morgan fingerprint density at radius 2 is 1.58 bits per heavy atom. The van der Waals surface area contributed by atoms with Gasteiger partial charge in [0.15, 0.2) is 0 Å². The van der Waals surface area contributed by atoms with Gasteiger partial charge in [-0.1, -0.05) is 91.5 Å². The van der Waals surface area contributed by atoms with E-state index in [4.69, 9.17) is 19.6 Å². The maximum Gasteiger partial charge on any atom is 0.490 e. The average Bonchev–Trinajstić information content (AvgIpc) is 3.66. The molecule has 4 N–H and O–H groups in total. The average molecular weight is 826 g/mol. The highest BCUT2D eigenvalue weighted by Crippen LogP contribution is 2.41. The van der Waals surface area contributed by atoms with Crippen LogP contribution in [0.25, 0.3) is 11.3 Å². The highest BCUT2D eigenvalue weighted by Gasteiger charge is 2.49. The zero-order valence-electron chi connectivity index (χ0n) is 34.0. The third-order valence-electron chi connectivity index (χ3n) is 9.64. The molecule has 316 valence electrons. The van der Waals surface area contributed by atoms with Crippen molar-refractivity contribution in [3.8, 4) is 11.3 Å². The van der Waals surface area contributed by atoms with Gasteiger partial charge in [-0.15, -0.1) is 0 Å². The van der Waals surface area contributed by atoms with Crippen molar-refractivity contribution >= 4 is 26.2 Å². The number of hydrogen-bond acceptors (Lipinski definition) is 6. The topological polar surface area (TPSA) is 146 Å². The lowest BCUT2D eigenvalue weighted by atomic mass is 9.76. The summed E-state index contributed by atoms with van der Waals surface area (Å²) >= 11 is 0. The SMILES string of the molecule is CC(C)(C)C1C(CN[C@@H](c2nc(-c3cc(F)ccc3F)cn2Cc2ccccc2)C(C)(C)C)C(CNC(=O)OCC[Si](C)(C)C)CN1C(=O)O.O=C(O)C(F)(F)F. The van der Waals surface area contributed by atoms with Crippen LogP contribution in [0.1, 0.15) is 59.0 Å². The van der Waals surface area contributed by atoms with Crippen LogP contribution in [0, 0.1) is 34.3 Å². The molecule has 1 saturated heterocycles. The first kappa shape index (κ1) is 46.9. The smallest absolute Gasteiger partial charge is 0.475 e. The zero-order valence-corrected chi connectivity index (χ0v) is 35.0. The van der Waals surface area contributed by atoms with Gasteiger partial charge < -0.3 is 35.1 Å². The van der Waals surface area contributed by atoms with Crippen molar-refractivity contribution < 1.29 is 51.3 Å². The normalized spacial score (nSPS) is 18.1. The van der Waals surface area contributed by atoms with E-state index >= 15 is 4.39 Å². The number of halogens is 5. The molecular weight excluding hydrogens is 770 g/mol. The molecule has 4 atom stereocenters. The minimum absolute atomic E-state index is 0.0780. The number of amides is 2. The predicted octanol–water partition coefficient (Wildman–Crippen LogP) is 8.89. The number of hydrogen-bond donors (Lipinski definition) is 4. The van der Waals surface area contributed by atoms with E-state index in [2.05, 4.69) is 51.0 Å². The Morgan fingerprint density at radius 3 is 2.11 bits per heavy atom. The van der Waals surface area contributed by atoms with Crippen LogP contribution in [0.4, 0.5) is 31.5 Å². The summed E-state index contributed by atoms with van der Waals surface area (Å²) in [6.45, 7) is 20.8. The number of carbonyl (C=O) groups is 3. The van der Waals surface area contributed by atoms with Crippen LogP contribution in [0.15, 0.2) is 54.7 Å². The number of alkyl halides is 3. The number of aromatic nitrogens is 2. The lowest BCUT2D eigenvalue weighted by Crippen LogP contribution is -2.49. The van der Waals surface area contributed by atoms with E-state index in [0.29, 0.717) is 31.2 Å². The lowest BCUT2D eigenvalue weighted by Gasteiger charge is -2.39. The fourth-order valence-electron chi connectivity index (χ4n) is 6.94. The molecule has 4 rings (SSSR count). The number of benzene rings is 2. The second-order valence-corrected chi connectivity index (χ2v) is 23.4. The summed E-state index contributed by atoms with van der Waals surface area (Å²) in [5.74, 6) is -3.58. The quantitative estimate of drug-likeness (QED) is 0.105. The highest BCUT2D eigenvalue weighted by molar-refractivity contribution is 6.76. The third-order valence-corrected chi connectivity index (χ3v) is 11.3. The number of aliphatic carboxylic acids is 1. The molecule has 1 fully saturated rings. The van der Waals surface area contributed by atoms with Gasteiger partial charge in [0.2, 0.25) is 0 Å². The highest BCUT2D eigenvalue weighted by atomic mass is 28.3. The maximum absolute atomic E-state index is 15.0. The van der Waals surface area contributed by atoms with E-state index in [0.717, 1.165) is 29.8 Å². The molecule has 1 aliphatic rings. The van der Waals surface area contributed by atoms with Crippen molar-refractivity contribution in [3.63, 3.8) is 0 Å². The number of nitrogens with zero attached hydrogens (tertiary/aromatic N) is 3. The van der Waals surface area contributed by atoms with Crippen LogP contribution in [-0.2, 0) is 16.1 Å². The van der Waals surface area contributed by atoms with Crippen LogP contribution in [0.5, 0.6) is 0 Å². The van der Waals surface area contributed by atoms with Gasteiger partial charge in [-0.05, 0) is 46.6 Å². The molecular formula is C40H56F5N5O6Si. The minimum Gasteiger partial charge on any atom is -0.475 e. The van der Waals surface area contributed by atoms with Crippen molar-refractivity contribution in [1.82, 2.24) is 25.1 Å². The van der Waals surface area contributed by atoms with Gasteiger partial charge >= 0.3 is 24.3 Å². The Hall–Kier alpha value is -4.51. The van der Waals surface area contributed by atoms with Gasteiger partial charge in [-0.3, -0.25) is 0 Å². The first-order valence-corrected chi connectivity index (χ1v) is 22.4. The van der Waals surface area contributed by atoms with Gasteiger partial charge in [0.25, 0.3) is 0 Å². The minimum atomic E-state index is -5.08. The van der Waals surface area contributed by atoms with Crippen LogP contribution in [0.3, 0.4) is 0 Å². The van der Waals surface area contributed by atoms with E-state index in [1.54, 1.807) is 6.20 Å². The largest absolute Gasteiger partial charge is 0.490 e. The fraction of sp³-hybridized carbons (Fsp3) is 0.550. The van der Waals surface area contributed by atoms with Gasteiger partial charge in [0.05, 0.1) is 18.3 Å². The predicted molar refractivity (Wildman–Crippen MR) is 209 cm³/mol. The van der Waals surface area contributed by atoms with Crippen molar-refractivity contribution in [3.05, 3.63) is 77.8 Å². The maximum atomic E-state index is 15.0. The van der Waals surface area contributed by atoms with Crippen molar-refractivity contribution in [2.45, 2.75) is 92.0 Å². The fourth-order valence-corrected chi connectivity index (χ4v) is 7.65. The number of alkyl carbamates (subject to hydrolysis) is 1. The van der Waals surface area contributed by atoms with Crippen molar-refractivity contribution in [1.29, 1.82) is 0 Å². The van der Waals surface area contributed by atoms with E-state index in [9.17, 15) is 32.3 Å². The van der Waals surface area contributed by atoms with Crippen LogP contribution in [-0.4, -0.2) is 89.4 Å². The molecule has 2 aromatic carbocycles. The van der Waals surface area contributed by atoms with Gasteiger partial charge in [-0.2, -0.15) is 13.2 Å². The third kappa shape index (κ3) is 13.8. The Morgan fingerprint density at radius 1 is 0.965 bits per heavy atom. The summed E-state index contributed by atoms with van der Waals surface area (Å²) in [4.78, 5) is 40.6. The molecule has 1 aliphatic heterocycles. The molecule has 1 aromatic heterocycles. The zero-order chi connectivity index (χ0) is 43.1. The molecule has 0 radical (unpaired) electrons. The number of imidazole rings is 1. The number of likely N-dealkylation sites (tertiary alicyclic amines) is 1. The summed E-state index contributed by atoms with van der Waals surface area (Å²) in [6.07, 6.45) is -4.81. The molecule has 0 spiro atoms. The van der Waals surface area contributed by atoms with Gasteiger partial charge in [0.1, 0.15) is 17.5 Å². The molecule has 2 heterocycles. The second kappa shape index (κ2) is 18.8. The van der Waals surface area contributed by atoms with Gasteiger partial charge in [0, 0.05) is 58.0 Å². The molecule has 0 aliphatic carbocycles. The molecule has 17 heteroatoms. The summed E-state index contributed by atoms with van der Waals surface area (Å²) in [5, 5.41) is 24.1. The second-order valence-electron chi connectivity index (χ2n) is 17.7. The number of carboxylic acid groups (broad SMARTS) is 2. The lowest BCUT2D eigenvalue weighted by molar-refractivity contribution is -0.192. The standard InChI is InChI=1S/C38H55F2N5O4Si.C2HF3O2/c1-37(2,3)32(34-43-31(28-19-27(39)15-16-30(28)40)24-44(34)22-25-13-11-10-12-14-25)41-21-29-26(20-42-35(46)49-17-18-50(7,8)9)23-45(36(47)48)33(29)38(4,5)6;3-2(4,5)1(6)7/h10-16,19,24,26,29,32-33,41H,17-18,20-23H2,1-9H3,(H,42,46)(H,47,48);(H,6,7)/t26?,29?,32-,33?;/m0./s1. The molecule has 2 amide bonds. The first-order valence-electron chi connectivity index (χ1n) is 18.7. The number of ether oxygens (including phenoxy) is 1. The monoisotopic (exact) mass is 825 g/mol. The Kier molecular flexibility index (Phi) is 15.5. The summed E-state index contributed by atoms with van der Waals surface area (Å²) in [7, 11) is -1.38. The van der Waals surface area contributed by atoms with E-state index < -0.39 is 54.9 Å².